The van der Waals surface area contributed by atoms with Crippen molar-refractivity contribution in [1.29, 1.82) is 0 Å². The Kier molecular flexibility index (Phi) is 3.22. The summed E-state index contributed by atoms with van der Waals surface area (Å²) in [4.78, 5) is 14.7. The zero-order valence-corrected chi connectivity index (χ0v) is 7.67. The third kappa shape index (κ3) is 2.62. The van der Waals surface area contributed by atoms with Crippen LogP contribution < -0.4 is 5.73 Å². The minimum Gasteiger partial charge on any atom is -0.369 e. The van der Waals surface area contributed by atoms with E-state index in [-0.39, 0.29) is 11.8 Å². The van der Waals surface area contributed by atoms with E-state index in [1.54, 1.807) is 17.5 Å². The van der Waals surface area contributed by atoms with Crippen LogP contribution in [0.1, 0.15) is 18.4 Å². The van der Waals surface area contributed by atoms with Crippen LogP contribution in [0.5, 0.6) is 0 Å². The molecular weight excluding hydrogens is 172 g/mol. The number of hydrogen-bond donors (Lipinski definition) is 1. The van der Waals surface area contributed by atoms with Gasteiger partial charge in [-0.15, -0.1) is 11.3 Å². The van der Waals surface area contributed by atoms with E-state index >= 15 is 0 Å². The summed E-state index contributed by atoms with van der Waals surface area (Å²) in [7, 11) is 0. The van der Waals surface area contributed by atoms with Crippen LogP contribution in [0.15, 0.2) is 11.6 Å². The lowest BCUT2D eigenvalue weighted by molar-refractivity contribution is -0.121. The van der Waals surface area contributed by atoms with Crippen LogP contribution >= 0.6 is 11.3 Å². The molecule has 1 atom stereocenters. The van der Waals surface area contributed by atoms with Gasteiger partial charge in [0, 0.05) is 23.9 Å². The Labute approximate surface area is 75.6 Å². The van der Waals surface area contributed by atoms with Crippen molar-refractivity contribution < 1.29 is 4.79 Å². The highest BCUT2D eigenvalue weighted by molar-refractivity contribution is 7.09. The van der Waals surface area contributed by atoms with E-state index in [4.69, 9.17) is 5.73 Å². The van der Waals surface area contributed by atoms with Crippen LogP contribution in [0.3, 0.4) is 0 Å². The number of nitrogens with two attached hydrogens (primary N) is 1. The quantitative estimate of drug-likeness (QED) is 0.762. The summed E-state index contributed by atoms with van der Waals surface area (Å²) < 4.78 is 0. The van der Waals surface area contributed by atoms with E-state index in [2.05, 4.69) is 4.98 Å². The van der Waals surface area contributed by atoms with E-state index in [1.165, 1.54) is 0 Å². The molecule has 2 N–H and O–H groups in total. The summed E-state index contributed by atoms with van der Waals surface area (Å²) in [5, 5.41) is 2.85. The van der Waals surface area contributed by atoms with Crippen molar-refractivity contribution in [3.63, 3.8) is 0 Å². The molecule has 1 heterocycles. The van der Waals surface area contributed by atoms with Crippen LogP contribution in [0.25, 0.3) is 0 Å². The van der Waals surface area contributed by atoms with Gasteiger partial charge in [-0.3, -0.25) is 4.79 Å². The van der Waals surface area contributed by atoms with E-state index < -0.39 is 0 Å². The molecule has 0 aromatic carbocycles. The van der Waals surface area contributed by atoms with Gasteiger partial charge in [0.25, 0.3) is 0 Å². The SMILES string of the molecule is C[C@@H](C[CH]c1nccs1)C(N)=O. The highest BCUT2D eigenvalue weighted by atomic mass is 32.1. The number of amides is 1. The monoisotopic (exact) mass is 183 g/mol. The van der Waals surface area contributed by atoms with Crippen molar-refractivity contribution in [2.75, 3.05) is 0 Å². The number of primary amides is 1. The van der Waals surface area contributed by atoms with Gasteiger partial charge in [0.2, 0.25) is 5.91 Å². The van der Waals surface area contributed by atoms with Gasteiger partial charge in [0.1, 0.15) is 0 Å². The van der Waals surface area contributed by atoms with E-state index in [9.17, 15) is 4.79 Å². The molecule has 0 aliphatic heterocycles. The summed E-state index contributed by atoms with van der Waals surface area (Å²) in [6.45, 7) is 1.81. The van der Waals surface area contributed by atoms with Crippen LogP contribution in [0.4, 0.5) is 0 Å². The van der Waals surface area contributed by atoms with Gasteiger partial charge in [0.15, 0.2) is 0 Å². The maximum absolute atomic E-state index is 10.6. The zero-order chi connectivity index (χ0) is 8.97. The fourth-order valence-corrected chi connectivity index (χ4v) is 1.30. The number of carbonyl (C=O) groups excluding carboxylic acids is 1. The molecule has 0 saturated carbocycles. The molecule has 0 saturated heterocycles. The Morgan fingerprint density at radius 2 is 2.67 bits per heavy atom. The minimum absolute atomic E-state index is 0.103. The number of carbonyl (C=O) groups is 1. The van der Waals surface area contributed by atoms with Crippen LogP contribution in [0.2, 0.25) is 0 Å². The minimum atomic E-state index is -0.261. The lowest BCUT2D eigenvalue weighted by Gasteiger charge is -2.03. The molecule has 0 aliphatic rings. The predicted molar refractivity (Wildman–Crippen MR) is 48.5 cm³/mol. The maximum Gasteiger partial charge on any atom is 0.220 e. The first-order valence-corrected chi connectivity index (χ1v) is 4.60. The van der Waals surface area contributed by atoms with Gasteiger partial charge in [-0.2, -0.15) is 0 Å². The van der Waals surface area contributed by atoms with Crippen molar-refractivity contribution in [2.24, 2.45) is 11.7 Å². The molecule has 1 radical (unpaired) electrons. The molecule has 0 aliphatic carbocycles. The third-order valence-corrected chi connectivity index (χ3v) is 2.35. The molecule has 1 aromatic rings. The number of aromatic nitrogens is 1. The summed E-state index contributed by atoms with van der Waals surface area (Å²) in [5.74, 6) is -0.364. The standard InChI is InChI=1S/C8H11N2OS/c1-6(8(9)11)2-3-7-10-4-5-12-7/h3-6H,2H2,1H3,(H2,9,11)/t6-/m0/s1. The number of nitrogens with zero attached hydrogens (tertiary/aromatic N) is 1. The summed E-state index contributed by atoms with van der Waals surface area (Å²) in [6.07, 6.45) is 4.34. The average molecular weight is 183 g/mol. The van der Waals surface area contributed by atoms with E-state index in [1.807, 2.05) is 18.7 Å². The Bertz CT molecular complexity index is 246. The first kappa shape index (κ1) is 9.19. The smallest absolute Gasteiger partial charge is 0.220 e. The highest BCUT2D eigenvalue weighted by Crippen LogP contribution is 2.13. The van der Waals surface area contributed by atoms with Gasteiger partial charge in [-0.1, -0.05) is 6.92 Å². The zero-order valence-electron chi connectivity index (χ0n) is 6.86. The average Bonchev–Trinajstić information content (AvgIpc) is 2.51. The van der Waals surface area contributed by atoms with Crippen molar-refractivity contribution >= 4 is 17.2 Å². The Balaban J connectivity index is 2.31. The van der Waals surface area contributed by atoms with Crippen molar-refractivity contribution in [1.82, 2.24) is 4.98 Å². The van der Waals surface area contributed by atoms with Gasteiger partial charge in [-0.05, 0) is 6.42 Å². The van der Waals surface area contributed by atoms with Crippen LogP contribution in [0, 0.1) is 12.3 Å². The fraction of sp³-hybridized carbons (Fsp3) is 0.375. The first-order chi connectivity index (χ1) is 5.70. The second-order valence-electron chi connectivity index (χ2n) is 2.61. The van der Waals surface area contributed by atoms with Gasteiger partial charge in [-0.25, -0.2) is 4.98 Å². The largest absolute Gasteiger partial charge is 0.369 e. The lowest BCUT2D eigenvalue weighted by Crippen LogP contribution is -2.20. The molecule has 0 spiro atoms. The van der Waals surface area contributed by atoms with Gasteiger partial charge >= 0.3 is 0 Å². The number of rotatable bonds is 4. The van der Waals surface area contributed by atoms with Gasteiger partial charge in [0.05, 0.1) is 5.01 Å². The molecular formula is C8H11N2OS. The number of thiazole rings is 1. The third-order valence-electron chi connectivity index (χ3n) is 1.58. The molecule has 3 nitrogen and oxygen atoms in total. The van der Waals surface area contributed by atoms with Gasteiger partial charge < -0.3 is 5.73 Å². The van der Waals surface area contributed by atoms with E-state index in [0.717, 1.165) is 5.01 Å². The Hall–Kier alpha value is -0.900. The van der Waals surface area contributed by atoms with Crippen LogP contribution in [-0.2, 0) is 4.79 Å². The van der Waals surface area contributed by atoms with E-state index in [0.29, 0.717) is 6.42 Å². The summed E-state index contributed by atoms with van der Waals surface area (Å²) >= 11 is 1.56. The fourth-order valence-electron chi connectivity index (χ4n) is 0.729. The molecule has 65 valence electrons. The van der Waals surface area contributed by atoms with Crippen molar-refractivity contribution in [2.45, 2.75) is 13.3 Å². The Morgan fingerprint density at radius 3 is 3.17 bits per heavy atom. The number of hydrogen-bond acceptors (Lipinski definition) is 3. The van der Waals surface area contributed by atoms with Crippen molar-refractivity contribution in [3.8, 4) is 0 Å². The summed E-state index contributed by atoms with van der Waals surface area (Å²) in [5.41, 5.74) is 5.10. The lowest BCUT2D eigenvalue weighted by atomic mass is 10.1. The molecule has 0 unspecified atom stereocenters. The molecule has 1 amide bonds. The molecule has 0 fully saturated rings. The molecule has 0 bridgehead atoms. The normalized spacial score (nSPS) is 12.8. The second-order valence-corrected chi connectivity index (χ2v) is 3.54. The predicted octanol–water partition coefficient (Wildman–Crippen LogP) is 1.21. The first-order valence-electron chi connectivity index (χ1n) is 3.72. The highest BCUT2D eigenvalue weighted by Gasteiger charge is 2.09. The molecule has 12 heavy (non-hydrogen) atoms. The molecule has 1 rings (SSSR count). The topological polar surface area (TPSA) is 56.0 Å². The van der Waals surface area contributed by atoms with Crippen LogP contribution in [-0.4, -0.2) is 10.9 Å². The Morgan fingerprint density at radius 1 is 1.92 bits per heavy atom. The second kappa shape index (κ2) is 4.21. The molecule has 1 aromatic heterocycles. The van der Waals surface area contributed by atoms with Crippen molar-refractivity contribution in [3.05, 3.63) is 23.0 Å². The maximum atomic E-state index is 10.6. The molecule has 4 heteroatoms. The summed E-state index contributed by atoms with van der Waals surface area (Å²) in [6, 6.07) is 0.